The molecule has 0 aliphatic carbocycles. The number of aromatic nitrogens is 2. The number of ether oxygens (including phenoxy) is 1. The van der Waals surface area contributed by atoms with Gasteiger partial charge in [-0.25, -0.2) is 9.97 Å². The van der Waals surface area contributed by atoms with Gasteiger partial charge in [0.25, 0.3) is 5.91 Å². The number of hydrogen-bond donors (Lipinski definition) is 0. The quantitative estimate of drug-likeness (QED) is 0.820. The van der Waals surface area contributed by atoms with Gasteiger partial charge in [0, 0.05) is 35.9 Å². The molecule has 6 heteroatoms. The summed E-state index contributed by atoms with van der Waals surface area (Å²) in [4.78, 5) is 22.7. The molecule has 0 aromatic carbocycles. The maximum Gasteiger partial charge on any atom is 0.254 e. The second-order valence-corrected chi connectivity index (χ2v) is 6.21. The molecule has 5 nitrogen and oxygen atoms in total. The molecule has 0 unspecified atom stereocenters. The summed E-state index contributed by atoms with van der Waals surface area (Å²) in [6.07, 6.45) is 2.57. The summed E-state index contributed by atoms with van der Waals surface area (Å²) in [6.45, 7) is 6.47. The van der Waals surface area contributed by atoms with Gasteiger partial charge in [0.05, 0.1) is 12.6 Å². The molecule has 0 N–H and O–H groups in total. The van der Waals surface area contributed by atoms with E-state index in [1.165, 1.54) is 0 Å². The molecule has 2 heterocycles. The van der Waals surface area contributed by atoms with Gasteiger partial charge in [0.2, 0.25) is 5.88 Å². The average Bonchev–Trinajstić information content (AvgIpc) is 2.91. The van der Waals surface area contributed by atoms with Crippen molar-refractivity contribution in [2.24, 2.45) is 0 Å². The molecule has 0 radical (unpaired) electrons. The van der Waals surface area contributed by atoms with Crippen LogP contribution in [0.3, 0.4) is 0 Å². The van der Waals surface area contributed by atoms with E-state index in [1.807, 2.05) is 26.2 Å². The molecular formula is C16H21N3O2S. The van der Waals surface area contributed by atoms with Crippen LogP contribution < -0.4 is 4.74 Å². The lowest BCUT2D eigenvalue weighted by molar-refractivity contribution is 0.0783. The van der Waals surface area contributed by atoms with Crippen LogP contribution in [-0.2, 0) is 6.54 Å². The van der Waals surface area contributed by atoms with E-state index in [0.717, 1.165) is 17.1 Å². The molecule has 1 amide bonds. The topological polar surface area (TPSA) is 55.3 Å². The molecular weight excluding hydrogens is 298 g/mol. The number of thiazole rings is 1. The third-order valence-electron chi connectivity index (χ3n) is 3.26. The van der Waals surface area contributed by atoms with E-state index in [9.17, 15) is 4.79 Å². The van der Waals surface area contributed by atoms with E-state index in [0.29, 0.717) is 18.0 Å². The van der Waals surface area contributed by atoms with Crippen LogP contribution in [0.5, 0.6) is 5.88 Å². The minimum atomic E-state index is -0.0655. The van der Waals surface area contributed by atoms with Crippen molar-refractivity contribution in [3.05, 3.63) is 40.0 Å². The molecule has 2 rings (SSSR count). The van der Waals surface area contributed by atoms with Crippen molar-refractivity contribution >= 4 is 17.2 Å². The summed E-state index contributed by atoms with van der Waals surface area (Å²) in [5.41, 5.74) is 1.55. The van der Waals surface area contributed by atoms with Crippen LogP contribution in [0, 0.1) is 6.92 Å². The Balaban J connectivity index is 2.06. The lowest BCUT2D eigenvalue weighted by Crippen LogP contribution is -2.26. The van der Waals surface area contributed by atoms with Crippen molar-refractivity contribution in [1.82, 2.24) is 14.9 Å². The van der Waals surface area contributed by atoms with Gasteiger partial charge in [0.1, 0.15) is 5.01 Å². The Morgan fingerprint density at radius 3 is 2.91 bits per heavy atom. The fourth-order valence-corrected chi connectivity index (χ4v) is 2.69. The average molecular weight is 319 g/mol. The Labute approximate surface area is 135 Å². The van der Waals surface area contributed by atoms with Gasteiger partial charge in [-0.05, 0) is 26.3 Å². The molecule has 1 atom stereocenters. The maximum absolute atomic E-state index is 12.5. The van der Waals surface area contributed by atoms with Crippen LogP contribution >= 0.6 is 11.3 Å². The first kappa shape index (κ1) is 16.4. The van der Waals surface area contributed by atoms with Crippen LogP contribution in [-0.4, -0.2) is 33.9 Å². The van der Waals surface area contributed by atoms with Crippen molar-refractivity contribution in [2.45, 2.75) is 39.8 Å². The number of aryl methyl sites for hydroxylation is 1. The van der Waals surface area contributed by atoms with Crippen molar-refractivity contribution < 1.29 is 9.53 Å². The first-order chi connectivity index (χ1) is 10.5. The summed E-state index contributed by atoms with van der Waals surface area (Å²) in [6, 6.07) is 3.40. The number of amides is 1. The number of rotatable bonds is 6. The molecule has 0 saturated heterocycles. The summed E-state index contributed by atoms with van der Waals surface area (Å²) in [5, 5.41) is 2.91. The van der Waals surface area contributed by atoms with E-state index in [-0.39, 0.29) is 12.0 Å². The zero-order chi connectivity index (χ0) is 16.1. The van der Waals surface area contributed by atoms with E-state index >= 15 is 0 Å². The Morgan fingerprint density at radius 2 is 2.27 bits per heavy atom. The minimum absolute atomic E-state index is 0.0655. The minimum Gasteiger partial charge on any atom is -0.475 e. The predicted octanol–water partition coefficient (Wildman–Crippen LogP) is 3.30. The first-order valence-electron chi connectivity index (χ1n) is 7.28. The van der Waals surface area contributed by atoms with Crippen LogP contribution in [0.2, 0.25) is 0 Å². The van der Waals surface area contributed by atoms with Crippen molar-refractivity contribution in [3.8, 4) is 5.88 Å². The molecule has 0 spiro atoms. The molecule has 0 saturated carbocycles. The lowest BCUT2D eigenvalue weighted by Gasteiger charge is -2.17. The van der Waals surface area contributed by atoms with Gasteiger partial charge >= 0.3 is 0 Å². The van der Waals surface area contributed by atoms with Crippen LogP contribution in [0.1, 0.15) is 41.3 Å². The number of carbonyl (C=O) groups is 1. The van der Waals surface area contributed by atoms with Gasteiger partial charge in [-0.3, -0.25) is 4.79 Å². The summed E-state index contributed by atoms with van der Waals surface area (Å²) in [7, 11) is 1.77. The Hall–Kier alpha value is -1.95. The molecule has 0 aliphatic heterocycles. The number of hydrogen-bond acceptors (Lipinski definition) is 5. The van der Waals surface area contributed by atoms with Crippen LogP contribution in [0.15, 0.2) is 23.7 Å². The van der Waals surface area contributed by atoms with Gasteiger partial charge < -0.3 is 9.64 Å². The number of nitrogens with zero attached hydrogens (tertiary/aromatic N) is 3. The molecule has 2 aromatic heterocycles. The zero-order valence-electron chi connectivity index (χ0n) is 13.4. The van der Waals surface area contributed by atoms with Crippen molar-refractivity contribution in [2.75, 3.05) is 7.05 Å². The summed E-state index contributed by atoms with van der Waals surface area (Å²) >= 11 is 1.56. The van der Waals surface area contributed by atoms with E-state index in [1.54, 1.807) is 41.6 Å². The Bertz CT molecular complexity index is 642. The van der Waals surface area contributed by atoms with Crippen LogP contribution in [0.4, 0.5) is 0 Å². The van der Waals surface area contributed by atoms with E-state index < -0.39 is 0 Å². The molecule has 0 aliphatic rings. The van der Waals surface area contributed by atoms with E-state index in [4.69, 9.17) is 4.74 Å². The lowest BCUT2D eigenvalue weighted by atomic mass is 10.2. The van der Waals surface area contributed by atoms with Gasteiger partial charge in [-0.1, -0.05) is 6.92 Å². The second kappa shape index (κ2) is 7.35. The van der Waals surface area contributed by atoms with Crippen molar-refractivity contribution in [1.29, 1.82) is 0 Å². The predicted molar refractivity (Wildman–Crippen MR) is 87.3 cm³/mol. The highest BCUT2D eigenvalue weighted by Crippen LogP contribution is 2.16. The Kier molecular flexibility index (Phi) is 5.49. The molecule has 0 fully saturated rings. The summed E-state index contributed by atoms with van der Waals surface area (Å²) in [5.74, 6) is 0.419. The highest BCUT2D eigenvalue weighted by atomic mass is 32.1. The van der Waals surface area contributed by atoms with Crippen LogP contribution in [0.25, 0.3) is 0 Å². The molecule has 22 heavy (non-hydrogen) atoms. The van der Waals surface area contributed by atoms with E-state index in [2.05, 4.69) is 9.97 Å². The highest BCUT2D eigenvalue weighted by Gasteiger charge is 2.15. The third kappa shape index (κ3) is 4.27. The molecule has 118 valence electrons. The SMILES string of the molecule is CC[C@H](C)Oc1cc(C(=O)N(C)Cc2nc(C)cs2)ccn1. The standard InChI is InChI=1S/C16H21N3O2S/c1-5-12(3)21-14-8-13(6-7-17-14)16(20)19(4)9-15-18-11(2)10-22-15/h6-8,10,12H,5,9H2,1-4H3/t12-/m0/s1. The molecule has 0 bridgehead atoms. The maximum atomic E-state index is 12.5. The van der Waals surface area contributed by atoms with Gasteiger partial charge in [-0.15, -0.1) is 11.3 Å². The number of carbonyl (C=O) groups excluding carboxylic acids is 1. The normalized spacial score (nSPS) is 12.0. The largest absolute Gasteiger partial charge is 0.475 e. The monoisotopic (exact) mass is 319 g/mol. The molecule has 2 aromatic rings. The van der Waals surface area contributed by atoms with Gasteiger partial charge in [-0.2, -0.15) is 0 Å². The van der Waals surface area contributed by atoms with Gasteiger partial charge in [0.15, 0.2) is 0 Å². The fraction of sp³-hybridized carbons (Fsp3) is 0.438. The zero-order valence-corrected chi connectivity index (χ0v) is 14.2. The number of pyridine rings is 1. The smallest absolute Gasteiger partial charge is 0.254 e. The van der Waals surface area contributed by atoms with Crippen molar-refractivity contribution in [3.63, 3.8) is 0 Å². The highest BCUT2D eigenvalue weighted by molar-refractivity contribution is 7.09. The second-order valence-electron chi connectivity index (χ2n) is 5.26. The fourth-order valence-electron chi connectivity index (χ4n) is 1.87. The Morgan fingerprint density at radius 1 is 1.50 bits per heavy atom. The summed E-state index contributed by atoms with van der Waals surface area (Å²) < 4.78 is 5.66. The third-order valence-corrected chi connectivity index (χ3v) is 4.22. The first-order valence-corrected chi connectivity index (χ1v) is 8.16.